The number of benzene rings is 1. The molecule has 6 rings (SSSR count). The average Bonchev–Trinajstić information content (AvgIpc) is 3.21. The van der Waals surface area contributed by atoms with Crippen LogP contribution in [0.1, 0.15) is 68.6 Å². The SMILES string of the molecule is C[C@@H](NC(=O)c1ccc(N2CCCC2)c([N+](=O)[O-])c1)C12CC3CC(CC(C3)C1)C2. The van der Waals surface area contributed by atoms with E-state index in [0.717, 1.165) is 43.7 Å². The first-order valence-electron chi connectivity index (χ1n) is 11.3. The summed E-state index contributed by atoms with van der Waals surface area (Å²) in [5.41, 5.74) is 1.31. The van der Waals surface area contributed by atoms with Gasteiger partial charge in [0.15, 0.2) is 0 Å². The summed E-state index contributed by atoms with van der Waals surface area (Å²) in [6.45, 7) is 3.84. The molecule has 1 atom stereocenters. The monoisotopic (exact) mass is 397 g/mol. The highest BCUT2D eigenvalue weighted by Gasteiger charge is 2.53. The van der Waals surface area contributed by atoms with Crippen molar-refractivity contribution >= 4 is 17.3 Å². The van der Waals surface area contributed by atoms with Crippen molar-refractivity contribution in [3.63, 3.8) is 0 Å². The Balaban J connectivity index is 1.34. The van der Waals surface area contributed by atoms with Gasteiger partial charge in [0, 0.05) is 30.8 Å². The van der Waals surface area contributed by atoms with Gasteiger partial charge in [0.1, 0.15) is 5.69 Å². The molecule has 0 aromatic heterocycles. The molecule has 29 heavy (non-hydrogen) atoms. The molecule has 1 aliphatic heterocycles. The summed E-state index contributed by atoms with van der Waals surface area (Å²) in [7, 11) is 0. The minimum Gasteiger partial charge on any atom is -0.366 e. The number of nitrogens with zero attached hydrogens (tertiary/aromatic N) is 2. The van der Waals surface area contributed by atoms with Crippen LogP contribution in [-0.4, -0.2) is 30.0 Å². The molecule has 0 spiro atoms. The predicted octanol–water partition coefficient (Wildman–Crippen LogP) is 4.53. The average molecular weight is 398 g/mol. The normalized spacial score (nSPS) is 33.7. The van der Waals surface area contributed by atoms with Crippen LogP contribution in [0.25, 0.3) is 0 Å². The standard InChI is InChI=1S/C23H31N3O3/c1-15(23-12-16-8-17(13-23)10-18(9-16)14-23)24-22(27)19-4-5-20(21(11-19)26(28)29)25-6-2-3-7-25/h4-5,11,15-18H,2-3,6-10,12-14H2,1H3,(H,24,27)/t15-,16?,17?,18?,23?/m1/s1. The smallest absolute Gasteiger partial charge is 0.293 e. The molecule has 1 aromatic rings. The van der Waals surface area contributed by atoms with E-state index in [0.29, 0.717) is 11.3 Å². The van der Waals surface area contributed by atoms with E-state index in [9.17, 15) is 14.9 Å². The quantitative estimate of drug-likeness (QED) is 0.585. The van der Waals surface area contributed by atoms with Crippen LogP contribution >= 0.6 is 0 Å². The van der Waals surface area contributed by atoms with E-state index < -0.39 is 0 Å². The first kappa shape index (κ1) is 18.9. The Bertz CT molecular complexity index is 795. The molecule has 1 amide bonds. The van der Waals surface area contributed by atoms with Gasteiger partial charge in [0.25, 0.3) is 11.6 Å². The summed E-state index contributed by atoms with van der Waals surface area (Å²) in [5, 5.41) is 14.9. The Morgan fingerprint density at radius 3 is 2.28 bits per heavy atom. The summed E-state index contributed by atoms with van der Waals surface area (Å²) in [6, 6.07) is 5.09. The van der Waals surface area contributed by atoms with Crippen molar-refractivity contribution in [2.24, 2.45) is 23.2 Å². The van der Waals surface area contributed by atoms with Gasteiger partial charge in [-0.1, -0.05) is 0 Å². The molecule has 0 unspecified atom stereocenters. The van der Waals surface area contributed by atoms with Gasteiger partial charge in [-0.2, -0.15) is 0 Å². The Labute approximate surface area is 172 Å². The summed E-state index contributed by atoms with van der Waals surface area (Å²) in [4.78, 5) is 26.4. The number of rotatable bonds is 5. The molecule has 1 heterocycles. The Morgan fingerprint density at radius 1 is 1.14 bits per heavy atom. The first-order chi connectivity index (χ1) is 13.9. The van der Waals surface area contributed by atoms with E-state index in [1.54, 1.807) is 12.1 Å². The lowest BCUT2D eigenvalue weighted by atomic mass is 9.48. The van der Waals surface area contributed by atoms with Gasteiger partial charge < -0.3 is 10.2 Å². The highest BCUT2D eigenvalue weighted by Crippen LogP contribution is 2.61. The van der Waals surface area contributed by atoms with Crippen LogP contribution < -0.4 is 10.2 Å². The Kier molecular flexibility index (Phi) is 4.56. The van der Waals surface area contributed by atoms with Crippen LogP contribution in [0, 0.1) is 33.3 Å². The number of hydrogen-bond acceptors (Lipinski definition) is 4. The topological polar surface area (TPSA) is 75.5 Å². The molecule has 6 nitrogen and oxygen atoms in total. The zero-order valence-corrected chi connectivity index (χ0v) is 17.2. The molecule has 1 aromatic carbocycles. The van der Waals surface area contributed by atoms with Gasteiger partial charge in [-0.05, 0) is 93.6 Å². The van der Waals surface area contributed by atoms with Gasteiger partial charge in [-0.25, -0.2) is 0 Å². The van der Waals surface area contributed by atoms with E-state index in [1.165, 1.54) is 44.6 Å². The summed E-state index contributed by atoms with van der Waals surface area (Å²) < 4.78 is 0. The molecule has 5 aliphatic rings. The third-order valence-corrected chi connectivity index (χ3v) is 8.23. The van der Waals surface area contributed by atoms with E-state index in [1.807, 2.05) is 0 Å². The molecule has 1 saturated heterocycles. The minimum atomic E-state index is -0.354. The molecule has 0 radical (unpaired) electrons. The van der Waals surface area contributed by atoms with Gasteiger partial charge in [-0.3, -0.25) is 14.9 Å². The van der Waals surface area contributed by atoms with Crippen LogP contribution in [0.4, 0.5) is 11.4 Å². The first-order valence-corrected chi connectivity index (χ1v) is 11.3. The number of nitro groups is 1. The maximum Gasteiger partial charge on any atom is 0.293 e. The lowest BCUT2D eigenvalue weighted by molar-refractivity contribution is -0.384. The number of hydrogen-bond donors (Lipinski definition) is 1. The Hall–Kier alpha value is -2.11. The van der Waals surface area contributed by atoms with Gasteiger partial charge in [-0.15, -0.1) is 0 Å². The zero-order valence-electron chi connectivity index (χ0n) is 17.2. The highest BCUT2D eigenvalue weighted by molar-refractivity contribution is 5.96. The van der Waals surface area contributed by atoms with Crippen molar-refractivity contribution < 1.29 is 9.72 Å². The van der Waals surface area contributed by atoms with E-state index in [4.69, 9.17) is 0 Å². The third kappa shape index (κ3) is 3.30. The molecule has 4 saturated carbocycles. The Morgan fingerprint density at radius 2 is 1.72 bits per heavy atom. The van der Waals surface area contributed by atoms with E-state index in [-0.39, 0.29) is 28.0 Å². The minimum absolute atomic E-state index is 0.0435. The largest absolute Gasteiger partial charge is 0.366 e. The lowest BCUT2D eigenvalue weighted by Gasteiger charge is -2.59. The number of nitrogens with one attached hydrogen (secondary N) is 1. The van der Waals surface area contributed by atoms with Crippen molar-refractivity contribution in [1.82, 2.24) is 5.32 Å². The fourth-order valence-corrected chi connectivity index (χ4v) is 7.18. The van der Waals surface area contributed by atoms with Crippen molar-refractivity contribution in [2.75, 3.05) is 18.0 Å². The predicted molar refractivity (Wildman–Crippen MR) is 112 cm³/mol. The molecular formula is C23H31N3O3. The van der Waals surface area contributed by atoms with Crippen molar-refractivity contribution in [1.29, 1.82) is 0 Å². The summed E-state index contributed by atoms with van der Waals surface area (Å²) in [6.07, 6.45) is 9.94. The number of nitro benzene ring substituents is 1. The molecule has 6 heteroatoms. The summed E-state index contributed by atoms with van der Waals surface area (Å²) >= 11 is 0. The molecule has 1 N–H and O–H groups in total. The molecule has 4 bridgehead atoms. The summed E-state index contributed by atoms with van der Waals surface area (Å²) in [5.74, 6) is 2.33. The molecular weight excluding hydrogens is 366 g/mol. The second-order valence-electron chi connectivity index (χ2n) is 10.1. The van der Waals surface area contributed by atoms with Crippen molar-refractivity contribution in [3.05, 3.63) is 33.9 Å². The highest BCUT2D eigenvalue weighted by atomic mass is 16.6. The van der Waals surface area contributed by atoms with Crippen LogP contribution in [0.3, 0.4) is 0 Å². The second-order valence-corrected chi connectivity index (χ2v) is 10.1. The molecule has 4 aliphatic carbocycles. The van der Waals surface area contributed by atoms with E-state index >= 15 is 0 Å². The second kappa shape index (κ2) is 6.99. The van der Waals surface area contributed by atoms with Crippen molar-refractivity contribution in [3.8, 4) is 0 Å². The van der Waals surface area contributed by atoms with Gasteiger partial charge in [0.05, 0.1) is 4.92 Å². The number of amides is 1. The maximum atomic E-state index is 13.0. The fourth-order valence-electron chi connectivity index (χ4n) is 7.18. The van der Waals surface area contributed by atoms with Crippen molar-refractivity contribution in [2.45, 2.75) is 64.3 Å². The zero-order chi connectivity index (χ0) is 20.2. The lowest BCUT2D eigenvalue weighted by Crippen LogP contribution is -2.55. The van der Waals surface area contributed by atoms with Crippen LogP contribution in [0.15, 0.2) is 18.2 Å². The van der Waals surface area contributed by atoms with Crippen LogP contribution in [0.5, 0.6) is 0 Å². The third-order valence-electron chi connectivity index (χ3n) is 8.23. The maximum absolute atomic E-state index is 13.0. The van der Waals surface area contributed by atoms with Gasteiger partial charge >= 0.3 is 0 Å². The van der Waals surface area contributed by atoms with Gasteiger partial charge in [0.2, 0.25) is 0 Å². The fraction of sp³-hybridized carbons (Fsp3) is 0.696. The van der Waals surface area contributed by atoms with Crippen LogP contribution in [-0.2, 0) is 0 Å². The molecule has 156 valence electrons. The number of carbonyl (C=O) groups is 1. The number of anilines is 1. The molecule has 5 fully saturated rings. The number of carbonyl (C=O) groups excluding carboxylic acids is 1. The van der Waals surface area contributed by atoms with E-state index in [2.05, 4.69) is 17.1 Å². The van der Waals surface area contributed by atoms with Crippen LogP contribution in [0.2, 0.25) is 0 Å².